The minimum Gasteiger partial charge on any atom is -0.497 e. The van der Waals surface area contributed by atoms with Gasteiger partial charge in [0.2, 0.25) is 5.92 Å². The van der Waals surface area contributed by atoms with Gasteiger partial charge in [-0.1, -0.05) is 6.07 Å². The topological polar surface area (TPSA) is 45.2 Å². The monoisotopic (exact) mass is 435 g/mol. The molecular formula is C23H31F2N3O3. The van der Waals surface area contributed by atoms with Gasteiger partial charge in [0, 0.05) is 57.2 Å². The Bertz CT molecular complexity index is 820. The maximum Gasteiger partial charge on any atom is 0.254 e. The van der Waals surface area contributed by atoms with Crippen molar-refractivity contribution in [3.63, 3.8) is 0 Å². The normalized spacial score (nSPS) is 28.7. The predicted octanol–water partition coefficient (Wildman–Crippen LogP) is 2.48. The maximum absolute atomic E-state index is 13.6. The summed E-state index contributed by atoms with van der Waals surface area (Å²) in [5.41, 5.74) is 0.520. The molecule has 1 saturated carbocycles. The van der Waals surface area contributed by atoms with Crippen molar-refractivity contribution in [3.05, 3.63) is 29.8 Å². The van der Waals surface area contributed by atoms with E-state index in [1.807, 2.05) is 23.1 Å². The number of amides is 1. The van der Waals surface area contributed by atoms with Crippen molar-refractivity contribution in [2.24, 2.45) is 0 Å². The molecule has 8 heteroatoms. The van der Waals surface area contributed by atoms with Gasteiger partial charge in [-0.2, -0.15) is 0 Å². The number of likely N-dealkylation sites (tertiary alicyclic amines) is 1. The van der Waals surface area contributed by atoms with Crippen LogP contribution < -0.4 is 4.74 Å². The van der Waals surface area contributed by atoms with E-state index in [0.717, 1.165) is 19.6 Å². The molecule has 1 atom stereocenters. The van der Waals surface area contributed by atoms with Gasteiger partial charge in [0.15, 0.2) is 0 Å². The minimum absolute atomic E-state index is 0.0121. The van der Waals surface area contributed by atoms with Crippen molar-refractivity contribution < 1.29 is 23.0 Å². The van der Waals surface area contributed by atoms with E-state index in [4.69, 9.17) is 9.47 Å². The summed E-state index contributed by atoms with van der Waals surface area (Å²) in [6.45, 7) is 5.18. The van der Waals surface area contributed by atoms with Crippen LogP contribution in [0.25, 0.3) is 0 Å². The van der Waals surface area contributed by atoms with E-state index in [1.54, 1.807) is 13.2 Å². The summed E-state index contributed by atoms with van der Waals surface area (Å²) < 4.78 is 38.2. The van der Waals surface area contributed by atoms with Crippen LogP contribution in [0.15, 0.2) is 24.3 Å². The molecule has 0 aromatic heterocycles. The van der Waals surface area contributed by atoms with Crippen molar-refractivity contribution in [2.75, 3.05) is 53.0 Å². The summed E-state index contributed by atoms with van der Waals surface area (Å²) >= 11 is 0. The van der Waals surface area contributed by atoms with Crippen LogP contribution in [0, 0.1) is 0 Å². The lowest BCUT2D eigenvalue weighted by atomic mass is 9.79. The highest BCUT2D eigenvalue weighted by Gasteiger charge is 2.56. The molecule has 0 unspecified atom stereocenters. The molecule has 5 rings (SSSR count). The Balaban J connectivity index is 1.31. The molecule has 1 aromatic carbocycles. The van der Waals surface area contributed by atoms with Gasteiger partial charge in [0.05, 0.1) is 31.9 Å². The predicted molar refractivity (Wildman–Crippen MR) is 112 cm³/mol. The highest BCUT2D eigenvalue weighted by atomic mass is 19.3. The number of carbonyl (C=O) groups is 1. The Labute approximate surface area is 182 Å². The van der Waals surface area contributed by atoms with Gasteiger partial charge in [-0.05, 0) is 31.0 Å². The first kappa shape index (κ1) is 21.1. The third-order valence-electron chi connectivity index (χ3n) is 7.55. The minimum atomic E-state index is -2.50. The van der Waals surface area contributed by atoms with E-state index >= 15 is 0 Å². The maximum atomic E-state index is 13.6. The molecule has 0 radical (unpaired) electrons. The number of hydrogen-bond donors (Lipinski definition) is 0. The Morgan fingerprint density at radius 1 is 1.16 bits per heavy atom. The largest absolute Gasteiger partial charge is 0.497 e. The van der Waals surface area contributed by atoms with Crippen LogP contribution >= 0.6 is 0 Å². The number of fused-ring (bicyclic) bond motifs is 2. The van der Waals surface area contributed by atoms with Crippen LogP contribution in [-0.4, -0.2) is 97.2 Å². The highest BCUT2D eigenvalue weighted by Crippen LogP contribution is 2.42. The number of piperazine rings is 1. The summed E-state index contributed by atoms with van der Waals surface area (Å²) in [5.74, 6) is -1.82. The second-order valence-corrected chi connectivity index (χ2v) is 9.56. The number of methoxy groups -OCH3 is 1. The molecule has 1 amide bonds. The Kier molecular flexibility index (Phi) is 5.43. The Morgan fingerprint density at radius 2 is 1.94 bits per heavy atom. The van der Waals surface area contributed by atoms with Crippen LogP contribution in [0.1, 0.15) is 36.0 Å². The summed E-state index contributed by atoms with van der Waals surface area (Å²) in [5, 5.41) is 0. The lowest BCUT2D eigenvalue weighted by Crippen LogP contribution is -2.81. The van der Waals surface area contributed by atoms with Crippen LogP contribution in [0.2, 0.25) is 0 Å². The Morgan fingerprint density at radius 3 is 2.68 bits per heavy atom. The fourth-order valence-corrected chi connectivity index (χ4v) is 5.93. The first-order chi connectivity index (χ1) is 14.9. The van der Waals surface area contributed by atoms with E-state index in [2.05, 4.69) is 9.80 Å². The molecule has 1 aliphatic carbocycles. The number of hydrogen-bond acceptors (Lipinski definition) is 5. The second kappa shape index (κ2) is 7.98. The summed E-state index contributed by atoms with van der Waals surface area (Å²) in [7, 11) is 1.60. The van der Waals surface area contributed by atoms with E-state index in [1.165, 1.54) is 0 Å². The lowest BCUT2D eigenvalue weighted by Gasteiger charge is -2.65. The Hall–Kier alpha value is -1.77. The van der Waals surface area contributed by atoms with Crippen LogP contribution in [0.3, 0.4) is 0 Å². The number of benzene rings is 1. The van der Waals surface area contributed by atoms with Gasteiger partial charge in [-0.25, -0.2) is 8.78 Å². The molecule has 170 valence electrons. The third kappa shape index (κ3) is 3.94. The quantitative estimate of drug-likeness (QED) is 0.730. The van der Waals surface area contributed by atoms with Crippen molar-refractivity contribution >= 4 is 5.91 Å². The molecule has 4 fully saturated rings. The first-order valence-corrected chi connectivity index (χ1v) is 11.3. The zero-order valence-corrected chi connectivity index (χ0v) is 18.1. The molecule has 0 bridgehead atoms. The summed E-state index contributed by atoms with van der Waals surface area (Å²) in [6.07, 6.45) is 1.09. The van der Waals surface area contributed by atoms with Gasteiger partial charge < -0.3 is 14.4 Å². The van der Waals surface area contributed by atoms with Crippen molar-refractivity contribution in [1.29, 1.82) is 0 Å². The first-order valence-electron chi connectivity index (χ1n) is 11.3. The smallest absolute Gasteiger partial charge is 0.254 e. The van der Waals surface area contributed by atoms with Crippen LogP contribution in [0.4, 0.5) is 8.78 Å². The number of rotatable bonds is 3. The molecule has 0 N–H and O–H groups in total. The number of alkyl halides is 2. The average Bonchev–Trinajstić information content (AvgIpc) is 2.76. The number of morpholine rings is 1. The number of nitrogens with zero attached hydrogens (tertiary/aromatic N) is 3. The number of halogens is 2. The lowest BCUT2D eigenvalue weighted by molar-refractivity contribution is -0.173. The second-order valence-electron chi connectivity index (χ2n) is 9.56. The fourth-order valence-electron chi connectivity index (χ4n) is 5.93. The van der Waals surface area contributed by atoms with E-state index in [-0.39, 0.29) is 36.4 Å². The van der Waals surface area contributed by atoms with E-state index in [0.29, 0.717) is 50.5 Å². The summed E-state index contributed by atoms with van der Waals surface area (Å²) in [4.78, 5) is 20.2. The van der Waals surface area contributed by atoms with Gasteiger partial charge in [0.1, 0.15) is 5.75 Å². The molecule has 3 heterocycles. The van der Waals surface area contributed by atoms with Gasteiger partial charge in [-0.15, -0.1) is 0 Å². The van der Waals surface area contributed by atoms with Crippen molar-refractivity contribution in [2.45, 2.75) is 49.2 Å². The molecule has 3 aliphatic heterocycles. The van der Waals surface area contributed by atoms with Crippen LogP contribution in [0.5, 0.6) is 5.75 Å². The highest BCUT2D eigenvalue weighted by molar-refractivity contribution is 5.94. The molecule has 1 aromatic rings. The zero-order valence-electron chi connectivity index (χ0n) is 18.1. The molecule has 1 spiro atoms. The number of carbonyl (C=O) groups excluding carboxylic acids is 1. The summed E-state index contributed by atoms with van der Waals surface area (Å²) in [6, 6.07) is 7.70. The third-order valence-corrected chi connectivity index (χ3v) is 7.55. The van der Waals surface area contributed by atoms with E-state index < -0.39 is 5.92 Å². The standard InChI is InChI=1S/C23H31F2N3O3/c1-30-20-4-2-3-17(11-20)21(29)26-12-19-13-31-10-9-28(19)22(14-26)15-27(16-22)18-5-7-23(24,25)8-6-18/h2-4,11,18-19H,5-10,12-16H2,1H3/t19-/m1/s1. The van der Waals surface area contributed by atoms with E-state index in [9.17, 15) is 13.6 Å². The number of ether oxygens (including phenoxy) is 2. The van der Waals surface area contributed by atoms with Gasteiger partial charge in [-0.3, -0.25) is 14.6 Å². The SMILES string of the molecule is COc1cccc(C(=O)N2C[C@@H]3COCCN3C3(C2)CN(C2CCC(F)(F)CC2)C3)c1. The average molecular weight is 436 g/mol. The molecular weight excluding hydrogens is 404 g/mol. The van der Waals surface area contributed by atoms with Crippen LogP contribution in [-0.2, 0) is 4.74 Å². The van der Waals surface area contributed by atoms with Crippen molar-refractivity contribution in [1.82, 2.24) is 14.7 Å². The van der Waals surface area contributed by atoms with Crippen molar-refractivity contribution in [3.8, 4) is 5.75 Å². The molecule has 3 saturated heterocycles. The van der Waals surface area contributed by atoms with Gasteiger partial charge in [0.25, 0.3) is 5.91 Å². The molecule has 6 nitrogen and oxygen atoms in total. The molecule has 31 heavy (non-hydrogen) atoms. The van der Waals surface area contributed by atoms with Gasteiger partial charge >= 0.3 is 0 Å². The fraction of sp³-hybridized carbons (Fsp3) is 0.696. The zero-order chi connectivity index (χ0) is 21.6. The molecule has 4 aliphatic rings.